The van der Waals surface area contributed by atoms with E-state index in [0.717, 1.165) is 0 Å². The van der Waals surface area contributed by atoms with Gasteiger partial charge in [-0.1, -0.05) is 0 Å². The number of pyridine rings is 1. The maximum atomic E-state index is 12.4. The molecular weight excluding hydrogens is 254 g/mol. The van der Waals surface area contributed by atoms with Crippen molar-refractivity contribution in [2.45, 2.75) is 13.3 Å². The lowest BCUT2D eigenvalue weighted by atomic mass is 10.2. The highest BCUT2D eigenvalue weighted by atomic mass is 19.3. The summed E-state index contributed by atoms with van der Waals surface area (Å²) in [7, 11) is 0. The van der Waals surface area contributed by atoms with Crippen LogP contribution in [0.5, 0.6) is 5.75 Å². The molecule has 0 unspecified atom stereocenters. The van der Waals surface area contributed by atoms with E-state index in [2.05, 4.69) is 9.72 Å². The molecule has 9 heteroatoms. The molecule has 0 saturated heterocycles. The SMILES string of the molecule is CCOC(=O)c1cc(O)c(C(F)F)nc1[N+](=O)[O-]. The number of rotatable bonds is 4. The molecule has 18 heavy (non-hydrogen) atoms. The number of aromatic nitrogens is 1. The Balaban J connectivity index is 3.38. The second kappa shape index (κ2) is 5.34. The number of esters is 1. The van der Waals surface area contributed by atoms with Crippen molar-refractivity contribution in [1.82, 2.24) is 4.98 Å². The average Bonchev–Trinajstić information content (AvgIpc) is 2.27. The summed E-state index contributed by atoms with van der Waals surface area (Å²) in [6.45, 7) is 1.40. The van der Waals surface area contributed by atoms with Gasteiger partial charge in [-0.2, -0.15) is 0 Å². The third-order valence-electron chi connectivity index (χ3n) is 1.89. The summed E-state index contributed by atoms with van der Waals surface area (Å²) in [5.41, 5.74) is -1.83. The summed E-state index contributed by atoms with van der Waals surface area (Å²) in [5, 5.41) is 19.8. The van der Waals surface area contributed by atoms with Crippen LogP contribution in [0.15, 0.2) is 6.07 Å². The molecule has 1 rings (SSSR count). The average molecular weight is 262 g/mol. The van der Waals surface area contributed by atoms with Crippen molar-refractivity contribution in [2.75, 3.05) is 6.61 Å². The van der Waals surface area contributed by atoms with Crippen LogP contribution < -0.4 is 0 Å². The van der Waals surface area contributed by atoms with Crippen LogP contribution in [0.3, 0.4) is 0 Å². The first kappa shape index (κ1) is 13.7. The number of nitro groups is 1. The van der Waals surface area contributed by atoms with Gasteiger partial charge in [0, 0.05) is 6.07 Å². The number of hydrogen-bond donors (Lipinski definition) is 1. The third-order valence-corrected chi connectivity index (χ3v) is 1.89. The van der Waals surface area contributed by atoms with E-state index in [9.17, 15) is 28.8 Å². The van der Waals surface area contributed by atoms with Gasteiger partial charge < -0.3 is 20.0 Å². The van der Waals surface area contributed by atoms with Gasteiger partial charge in [-0.3, -0.25) is 0 Å². The Morgan fingerprint density at radius 1 is 1.67 bits per heavy atom. The first-order valence-electron chi connectivity index (χ1n) is 4.72. The van der Waals surface area contributed by atoms with Gasteiger partial charge in [0.05, 0.1) is 6.61 Å². The molecule has 1 aromatic heterocycles. The zero-order valence-electron chi connectivity index (χ0n) is 9.09. The Morgan fingerprint density at radius 2 is 2.28 bits per heavy atom. The second-order valence-electron chi connectivity index (χ2n) is 3.04. The predicted octanol–water partition coefficient (Wildman–Crippen LogP) is 1.81. The molecule has 0 bridgehead atoms. The fourth-order valence-corrected chi connectivity index (χ4v) is 1.17. The molecule has 1 heterocycles. The number of hydrogen-bond acceptors (Lipinski definition) is 6. The minimum absolute atomic E-state index is 0.0622. The molecule has 0 aliphatic rings. The molecule has 1 aromatic rings. The standard InChI is InChI=1S/C9H8F2N2O5/c1-2-18-9(15)4-3-5(14)6(7(10)11)12-8(4)13(16)17/h3,7,14H,2H2,1H3. The Bertz CT molecular complexity index is 492. The lowest BCUT2D eigenvalue weighted by molar-refractivity contribution is -0.390. The molecule has 0 spiro atoms. The van der Waals surface area contributed by atoms with Crippen molar-refractivity contribution in [1.29, 1.82) is 0 Å². The van der Waals surface area contributed by atoms with Crippen LogP contribution in [0, 0.1) is 10.1 Å². The van der Waals surface area contributed by atoms with E-state index in [-0.39, 0.29) is 6.61 Å². The first-order valence-corrected chi connectivity index (χ1v) is 4.72. The van der Waals surface area contributed by atoms with E-state index in [0.29, 0.717) is 6.07 Å². The molecule has 0 aliphatic carbocycles. The Morgan fingerprint density at radius 3 is 2.72 bits per heavy atom. The van der Waals surface area contributed by atoms with Crippen LogP contribution in [0.1, 0.15) is 29.4 Å². The van der Waals surface area contributed by atoms with Crippen molar-refractivity contribution in [3.8, 4) is 5.75 Å². The monoisotopic (exact) mass is 262 g/mol. The summed E-state index contributed by atoms with van der Waals surface area (Å²) in [6.07, 6.45) is -3.19. The highest BCUT2D eigenvalue weighted by Crippen LogP contribution is 2.31. The van der Waals surface area contributed by atoms with Gasteiger partial charge in [-0.25, -0.2) is 13.6 Å². The highest BCUT2D eigenvalue weighted by molar-refractivity contribution is 5.93. The number of carbonyl (C=O) groups excluding carboxylic acids is 1. The third kappa shape index (κ3) is 2.67. The van der Waals surface area contributed by atoms with E-state index >= 15 is 0 Å². The maximum absolute atomic E-state index is 12.4. The Hall–Kier alpha value is -2.32. The Kier molecular flexibility index (Phi) is 4.08. The zero-order chi connectivity index (χ0) is 13.9. The molecule has 0 atom stereocenters. The number of alkyl halides is 2. The maximum Gasteiger partial charge on any atom is 0.378 e. The van der Waals surface area contributed by atoms with E-state index in [1.165, 1.54) is 6.92 Å². The fraction of sp³-hybridized carbons (Fsp3) is 0.333. The van der Waals surface area contributed by atoms with Gasteiger partial charge >= 0.3 is 18.2 Å². The lowest BCUT2D eigenvalue weighted by Crippen LogP contribution is -2.10. The highest BCUT2D eigenvalue weighted by Gasteiger charge is 2.31. The van der Waals surface area contributed by atoms with Gasteiger partial charge in [0.2, 0.25) is 0 Å². The molecule has 0 fully saturated rings. The molecule has 1 N–H and O–H groups in total. The van der Waals surface area contributed by atoms with Gasteiger partial charge in [-0.15, -0.1) is 0 Å². The van der Waals surface area contributed by atoms with Crippen molar-refractivity contribution in [3.05, 3.63) is 27.4 Å². The summed E-state index contributed by atoms with van der Waals surface area (Å²) in [5.74, 6) is -3.20. The second-order valence-corrected chi connectivity index (χ2v) is 3.04. The van der Waals surface area contributed by atoms with E-state index in [1.54, 1.807) is 0 Å². The van der Waals surface area contributed by atoms with Crippen LogP contribution in [-0.4, -0.2) is 27.6 Å². The lowest BCUT2D eigenvalue weighted by Gasteiger charge is -2.05. The smallest absolute Gasteiger partial charge is 0.378 e. The van der Waals surface area contributed by atoms with Crippen LogP contribution in [0.2, 0.25) is 0 Å². The van der Waals surface area contributed by atoms with Crippen molar-refractivity contribution < 1.29 is 28.3 Å². The molecule has 0 aromatic carbocycles. The molecule has 98 valence electrons. The number of halogens is 2. The minimum atomic E-state index is -3.19. The van der Waals surface area contributed by atoms with Crippen molar-refractivity contribution in [2.24, 2.45) is 0 Å². The zero-order valence-corrected chi connectivity index (χ0v) is 9.09. The normalized spacial score (nSPS) is 10.4. The summed E-state index contributed by atoms with van der Waals surface area (Å²) < 4.78 is 29.3. The van der Waals surface area contributed by atoms with Gasteiger partial charge in [-0.05, 0) is 16.8 Å². The molecule has 7 nitrogen and oxygen atoms in total. The molecule has 0 saturated carbocycles. The van der Waals surface area contributed by atoms with Crippen molar-refractivity contribution in [3.63, 3.8) is 0 Å². The predicted molar refractivity (Wildman–Crippen MR) is 53.5 cm³/mol. The Labute approximate surface area is 99.2 Å². The summed E-state index contributed by atoms with van der Waals surface area (Å²) >= 11 is 0. The number of aromatic hydroxyl groups is 1. The van der Waals surface area contributed by atoms with Crippen molar-refractivity contribution >= 4 is 11.8 Å². The van der Waals surface area contributed by atoms with E-state index < -0.39 is 40.1 Å². The topological polar surface area (TPSA) is 103 Å². The van der Waals surface area contributed by atoms with Gasteiger partial charge in [0.25, 0.3) is 5.69 Å². The number of carbonyl (C=O) groups is 1. The fourth-order valence-electron chi connectivity index (χ4n) is 1.17. The quantitative estimate of drug-likeness (QED) is 0.504. The summed E-state index contributed by atoms with van der Waals surface area (Å²) in [4.78, 5) is 23.8. The first-order chi connectivity index (χ1) is 8.38. The minimum Gasteiger partial charge on any atom is -0.504 e. The molecule has 0 radical (unpaired) electrons. The van der Waals surface area contributed by atoms with Gasteiger partial charge in [0.1, 0.15) is 0 Å². The van der Waals surface area contributed by atoms with Crippen LogP contribution in [0.4, 0.5) is 14.6 Å². The summed E-state index contributed by atoms with van der Waals surface area (Å²) in [6, 6.07) is 0.546. The molecular formula is C9H8F2N2O5. The largest absolute Gasteiger partial charge is 0.504 e. The van der Waals surface area contributed by atoms with Crippen LogP contribution >= 0.6 is 0 Å². The molecule has 0 amide bonds. The van der Waals surface area contributed by atoms with Gasteiger partial charge in [0.15, 0.2) is 11.3 Å². The van der Waals surface area contributed by atoms with Crippen LogP contribution in [-0.2, 0) is 4.74 Å². The number of ether oxygens (including phenoxy) is 1. The number of nitrogens with zero attached hydrogens (tertiary/aromatic N) is 2. The molecule has 0 aliphatic heterocycles. The van der Waals surface area contributed by atoms with Crippen LogP contribution in [0.25, 0.3) is 0 Å². The van der Waals surface area contributed by atoms with E-state index in [1.807, 2.05) is 0 Å². The van der Waals surface area contributed by atoms with E-state index in [4.69, 9.17) is 0 Å².